The number of carboxylic acid groups (broad SMARTS) is 4. The Hall–Kier alpha value is -3.58. The van der Waals surface area contributed by atoms with E-state index in [2.05, 4.69) is 29.4 Å². The molecule has 1 amide bonds. The number of benzene rings is 1. The van der Waals surface area contributed by atoms with E-state index < -0.39 is 23.9 Å². The molecule has 0 heterocycles. The SMILES string of the molecule is CC(NCC(C)(C)CN(C)C)C(=O)NCCc1ccc(F)cc1.O=C(O)C(=O)O.O=C(O)C(=O)O. The van der Waals surface area contributed by atoms with Crippen molar-refractivity contribution in [1.29, 1.82) is 0 Å². The smallest absolute Gasteiger partial charge is 0.414 e. The van der Waals surface area contributed by atoms with E-state index in [4.69, 9.17) is 39.6 Å². The molecule has 1 atom stereocenters. The van der Waals surface area contributed by atoms with E-state index >= 15 is 0 Å². The van der Waals surface area contributed by atoms with Gasteiger partial charge in [-0.3, -0.25) is 4.79 Å². The van der Waals surface area contributed by atoms with E-state index in [0.29, 0.717) is 13.0 Å². The number of halogens is 1. The molecule has 0 aromatic heterocycles. The summed E-state index contributed by atoms with van der Waals surface area (Å²) >= 11 is 0. The molecule has 0 bridgehead atoms. The summed E-state index contributed by atoms with van der Waals surface area (Å²) in [7, 11) is 4.10. The van der Waals surface area contributed by atoms with Gasteiger partial charge in [0.05, 0.1) is 6.04 Å². The number of hydrogen-bond acceptors (Lipinski definition) is 7. The molecule has 1 aromatic rings. The highest BCUT2D eigenvalue weighted by molar-refractivity contribution is 6.27. The van der Waals surface area contributed by atoms with Crippen LogP contribution in [0.2, 0.25) is 0 Å². The van der Waals surface area contributed by atoms with Crippen molar-refractivity contribution in [3.05, 3.63) is 35.6 Å². The quantitative estimate of drug-likeness (QED) is 0.255. The Labute approximate surface area is 202 Å². The minimum atomic E-state index is -1.82. The molecule has 0 aliphatic rings. The molecule has 0 radical (unpaired) electrons. The lowest BCUT2D eigenvalue weighted by Crippen LogP contribution is -2.47. The van der Waals surface area contributed by atoms with Gasteiger partial charge in [0.25, 0.3) is 0 Å². The fourth-order valence-electron chi connectivity index (χ4n) is 2.57. The molecule has 0 saturated carbocycles. The van der Waals surface area contributed by atoms with Gasteiger partial charge >= 0.3 is 23.9 Å². The zero-order chi connectivity index (χ0) is 27.8. The second kappa shape index (κ2) is 16.9. The van der Waals surface area contributed by atoms with Crippen LogP contribution in [0.4, 0.5) is 4.39 Å². The lowest BCUT2D eigenvalue weighted by Gasteiger charge is -2.29. The van der Waals surface area contributed by atoms with Crippen LogP contribution in [0, 0.1) is 11.2 Å². The summed E-state index contributed by atoms with van der Waals surface area (Å²) in [6.45, 7) is 8.52. The third-order valence-corrected chi connectivity index (χ3v) is 4.02. The first-order valence-corrected chi connectivity index (χ1v) is 10.3. The van der Waals surface area contributed by atoms with Crippen LogP contribution in [0.25, 0.3) is 0 Å². The largest absolute Gasteiger partial charge is 0.473 e. The van der Waals surface area contributed by atoms with Crippen LogP contribution in [0.1, 0.15) is 26.3 Å². The molecule has 0 spiro atoms. The van der Waals surface area contributed by atoms with Crippen LogP contribution in [-0.2, 0) is 30.4 Å². The van der Waals surface area contributed by atoms with Gasteiger partial charge < -0.3 is 36.0 Å². The molecule has 13 heteroatoms. The molecule has 198 valence electrons. The zero-order valence-corrected chi connectivity index (χ0v) is 20.4. The number of nitrogens with one attached hydrogen (secondary N) is 2. The van der Waals surface area contributed by atoms with Gasteiger partial charge in [-0.05, 0) is 50.6 Å². The van der Waals surface area contributed by atoms with Crippen molar-refractivity contribution >= 4 is 29.8 Å². The average Bonchev–Trinajstić information content (AvgIpc) is 2.73. The maximum absolute atomic E-state index is 12.8. The first-order valence-electron chi connectivity index (χ1n) is 10.3. The van der Waals surface area contributed by atoms with Crippen LogP contribution in [0.3, 0.4) is 0 Å². The summed E-state index contributed by atoms with van der Waals surface area (Å²) in [5.74, 6) is -7.54. The molecular weight excluding hydrogens is 469 g/mol. The van der Waals surface area contributed by atoms with E-state index in [1.165, 1.54) is 12.1 Å². The van der Waals surface area contributed by atoms with Crippen LogP contribution in [-0.4, -0.2) is 94.9 Å². The summed E-state index contributed by atoms with van der Waals surface area (Å²) in [5, 5.41) is 35.8. The molecule has 0 aliphatic carbocycles. The fraction of sp³-hybridized carbons (Fsp3) is 0.500. The molecule has 0 fully saturated rings. The topological polar surface area (TPSA) is 194 Å². The van der Waals surface area contributed by atoms with E-state index in [1.54, 1.807) is 12.1 Å². The van der Waals surface area contributed by atoms with Gasteiger partial charge in [-0.1, -0.05) is 26.0 Å². The summed E-state index contributed by atoms with van der Waals surface area (Å²) in [6, 6.07) is 6.13. The van der Waals surface area contributed by atoms with Crippen molar-refractivity contribution < 1.29 is 48.8 Å². The Morgan fingerprint density at radius 2 is 1.34 bits per heavy atom. The number of nitrogens with zero attached hydrogens (tertiary/aromatic N) is 1. The lowest BCUT2D eigenvalue weighted by molar-refractivity contribution is -0.159. The van der Waals surface area contributed by atoms with Crippen molar-refractivity contribution in [1.82, 2.24) is 15.5 Å². The van der Waals surface area contributed by atoms with Crippen LogP contribution in [0.5, 0.6) is 0 Å². The first-order chi connectivity index (χ1) is 16.0. The standard InChI is InChI=1S/C18H30FN3O.2C2H2O4/c1-14(21-12-18(2,3)13-22(4)5)17(23)20-11-10-15-6-8-16(19)9-7-15;2*3-1(4)2(5)6/h6-9,14,21H,10-13H2,1-5H3,(H,20,23);2*(H,3,4)(H,5,6). The van der Waals surface area contributed by atoms with Crippen molar-refractivity contribution in [3.63, 3.8) is 0 Å². The number of amides is 1. The Morgan fingerprint density at radius 3 is 1.71 bits per heavy atom. The molecule has 1 rings (SSSR count). The molecule has 6 N–H and O–H groups in total. The molecular formula is C22H34FN3O9. The number of rotatable bonds is 9. The highest BCUT2D eigenvalue weighted by Gasteiger charge is 2.21. The summed E-state index contributed by atoms with van der Waals surface area (Å²) in [4.78, 5) is 50.6. The monoisotopic (exact) mass is 503 g/mol. The lowest BCUT2D eigenvalue weighted by atomic mass is 9.92. The van der Waals surface area contributed by atoms with Crippen molar-refractivity contribution in [2.45, 2.75) is 33.2 Å². The second-order valence-corrected chi connectivity index (χ2v) is 8.39. The van der Waals surface area contributed by atoms with Crippen molar-refractivity contribution in [2.24, 2.45) is 5.41 Å². The van der Waals surface area contributed by atoms with Gasteiger partial charge in [-0.25, -0.2) is 23.6 Å². The third-order valence-electron chi connectivity index (χ3n) is 4.02. The zero-order valence-electron chi connectivity index (χ0n) is 20.4. The van der Waals surface area contributed by atoms with Gasteiger partial charge in [-0.15, -0.1) is 0 Å². The molecule has 0 saturated heterocycles. The number of carbonyl (C=O) groups excluding carboxylic acids is 1. The van der Waals surface area contributed by atoms with Gasteiger partial charge in [0.15, 0.2) is 0 Å². The molecule has 1 unspecified atom stereocenters. The summed E-state index contributed by atoms with van der Waals surface area (Å²) in [6.07, 6.45) is 0.699. The highest BCUT2D eigenvalue weighted by Crippen LogP contribution is 2.14. The summed E-state index contributed by atoms with van der Waals surface area (Å²) < 4.78 is 12.8. The fourth-order valence-corrected chi connectivity index (χ4v) is 2.57. The van der Waals surface area contributed by atoms with Gasteiger partial charge in [0.1, 0.15) is 5.82 Å². The maximum Gasteiger partial charge on any atom is 0.414 e. The molecule has 35 heavy (non-hydrogen) atoms. The predicted molar refractivity (Wildman–Crippen MR) is 123 cm³/mol. The van der Waals surface area contributed by atoms with Crippen LogP contribution in [0.15, 0.2) is 24.3 Å². The van der Waals surface area contributed by atoms with Crippen molar-refractivity contribution in [2.75, 3.05) is 33.7 Å². The van der Waals surface area contributed by atoms with Gasteiger partial charge in [0, 0.05) is 19.6 Å². The number of carboxylic acids is 4. The Morgan fingerprint density at radius 1 is 0.914 bits per heavy atom. The molecule has 0 aliphatic heterocycles. The Kier molecular flexibility index (Phi) is 16.3. The molecule has 1 aromatic carbocycles. The second-order valence-electron chi connectivity index (χ2n) is 8.39. The molecule has 12 nitrogen and oxygen atoms in total. The number of carbonyl (C=O) groups is 5. The third kappa shape index (κ3) is 19.6. The normalized spacial score (nSPS) is 11.2. The number of hydrogen-bond donors (Lipinski definition) is 6. The highest BCUT2D eigenvalue weighted by atomic mass is 19.1. The van der Waals surface area contributed by atoms with Crippen molar-refractivity contribution in [3.8, 4) is 0 Å². The van der Waals surface area contributed by atoms with Gasteiger partial charge in [-0.2, -0.15) is 0 Å². The van der Waals surface area contributed by atoms with Crippen LogP contribution < -0.4 is 10.6 Å². The predicted octanol–water partition coefficient (Wildman–Crippen LogP) is 0.362. The maximum atomic E-state index is 12.8. The first kappa shape index (κ1) is 33.6. The minimum absolute atomic E-state index is 0.00670. The average molecular weight is 504 g/mol. The minimum Gasteiger partial charge on any atom is -0.473 e. The van der Waals surface area contributed by atoms with E-state index in [0.717, 1.165) is 18.7 Å². The van der Waals surface area contributed by atoms with E-state index in [9.17, 15) is 9.18 Å². The Balaban J connectivity index is 0. The van der Waals surface area contributed by atoms with Gasteiger partial charge in [0.2, 0.25) is 5.91 Å². The van der Waals surface area contributed by atoms with Crippen LogP contribution >= 0.6 is 0 Å². The van der Waals surface area contributed by atoms with E-state index in [1.807, 2.05) is 21.0 Å². The summed E-state index contributed by atoms with van der Waals surface area (Å²) in [5.41, 5.74) is 1.12. The number of aliphatic carboxylic acids is 4. The van der Waals surface area contributed by atoms with E-state index in [-0.39, 0.29) is 23.2 Å². The Bertz CT molecular complexity index is 795.